The lowest BCUT2D eigenvalue weighted by Gasteiger charge is -2.28. The average Bonchev–Trinajstić information content (AvgIpc) is 3.32. The molecule has 1 aliphatic heterocycles. The topological polar surface area (TPSA) is 101 Å². The van der Waals surface area contributed by atoms with Gasteiger partial charge in [-0.1, -0.05) is 18.2 Å². The van der Waals surface area contributed by atoms with E-state index in [1.165, 1.54) is 10.6 Å². The number of carbonyl (C=O) groups is 1. The lowest BCUT2D eigenvalue weighted by Crippen LogP contribution is -2.49. The van der Waals surface area contributed by atoms with Gasteiger partial charge in [0.2, 0.25) is 0 Å². The number of hydrogen-bond acceptors (Lipinski definition) is 7. The molecule has 1 aliphatic rings. The van der Waals surface area contributed by atoms with Gasteiger partial charge in [0.1, 0.15) is 11.7 Å². The van der Waals surface area contributed by atoms with Gasteiger partial charge in [-0.05, 0) is 31.2 Å². The van der Waals surface area contributed by atoms with Crippen molar-refractivity contribution in [3.05, 3.63) is 54.5 Å². The standard InChI is InChI=1S/C17H21N3O5S/c1-2-24-17(21)15-11-18-19-16(15)26(22,23)20(12-14-9-6-10-25-14)13-7-4-3-5-8-13/h3-10,15-16,18-19H,2,11-12H2,1H3. The summed E-state index contributed by atoms with van der Waals surface area (Å²) in [6.07, 6.45) is 1.49. The number of hydrogen-bond donors (Lipinski definition) is 2. The van der Waals surface area contributed by atoms with E-state index in [0.29, 0.717) is 11.4 Å². The molecule has 9 heteroatoms. The molecule has 2 unspecified atom stereocenters. The van der Waals surface area contributed by atoms with Crippen molar-refractivity contribution in [2.75, 3.05) is 17.5 Å². The van der Waals surface area contributed by atoms with Crippen molar-refractivity contribution >= 4 is 21.7 Å². The molecule has 2 N–H and O–H groups in total. The molecule has 2 atom stereocenters. The highest BCUT2D eigenvalue weighted by Crippen LogP contribution is 2.27. The number of furan rings is 1. The number of rotatable bonds is 7. The third kappa shape index (κ3) is 3.74. The lowest BCUT2D eigenvalue weighted by atomic mass is 10.2. The molecule has 0 spiro atoms. The number of nitrogens with one attached hydrogen (secondary N) is 2. The Morgan fingerprint density at radius 3 is 2.69 bits per heavy atom. The number of para-hydroxylation sites is 1. The first-order chi connectivity index (χ1) is 12.5. The molecular weight excluding hydrogens is 358 g/mol. The van der Waals surface area contributed by atoms with E-state index < -0.39 is 27.3 Å². The van der Waals surface area contributed by atoms with Crippen LogP contribution >= 0.6 is 0 Å². The molecule has 1 fully saturated rings. The van der Waals surface area contributed by atoms with Gasteiger partial charge in [-0.25, -0.2) is 13.8 Å². The summed E-state index contributed by atoms with van der Waals surface area (Å²) in [6.45, 7) is 2.07. The second-order valence-corrected chi connectivity index (χ2v) is 7.75. The first-order valence-electron chi connectivity index (χ1n) is 8.28. The number of esters is 1. The van der Waals surface area contributed by atoms with Crippen LogP contribution in [-0.4, -0.2) is 32.9 Å². The molecule has 8 nitrogen and oxygen atoms in total. The molecule has 26 heavy (non-hydrogen) atoms. The van der Waals surface area contributed by atoms with Crippen LogP contribution in [0.2, 0.25) is 0 Å². The number of hydrazine groups is 1. The third-order valence-electron chi connectivity index (χ3n) is 4.07. The van der Waals surface area contributed by atoms with Crippen LogP contribution in [0.1, 0.15) is 12.7 Å². The molecule has 0 amide bonds. The zero-order chi connectivity index (χ0) is 18.6. The van der Waals surface area contributed by atoms with Gasteiger partial charge < -0.3 is 9.15 Å². The Labute approximate surface area is 152 Å². The summed E-state index contributed by atoms with van der Waals surface area (Å²) in [5, 5.41) is -1.14. The zero-order valence-corrected chi connectivity index (χ0v) is 15.1. The molecule has 140 valence electrons. The van der Waals surface area contributed by atoms with Gasteiger partial charge >= 0.3 is 5.97 Å². The summed E-state index contributed by atoms with van der Waals surface area (Å²) in [5.41, 5.74) is 5.94. The maximum absolute atomic E-state index is 13.4. The molecule has 1 aromatic heterocycles. The minimum atomic E-state index is -3.94. The van der Waals surface area contributed by atoms with Crippen molar-refractivity contribution < 1.29 is 22.4 Å². The van der Waals surface area contributed by atoms with E-state index in [-0.39, 0.29) is 19.7 Å². The van der Waals surface area contributed by atoms with Gasteiger partial charge in [0.05, 0.1) is 25.1 Å². The molecule has 0 saturated carbocycles. The number of benzene rings is 1. The fourth-order valence-corrected chi connectivity index (χ4v) is 4.67. The van der Waals surface area contributed by atoms with Crippen LogP contribution in [-0.2, 0) is 26.1 Å². The van der Waals surface area contributed by atoms with Crippen LogP contribution in [0.25, 0.3) is 0 Å². The first-order valence-corrected chi connectivity index (χ1v) is 9.78. The smallest absolute Gasteiger partial charge is 0.313 e. The molecular formula is C17H21N3O5S. The SMILES string of the molecule is CCOC(=O)C1CNNC1S(=O)(=O)N(Cc1ccco1)c1ccccc1. The van der Waals surface area contributed by atoms with Gasteiger partial charge in [-0.3, -0.25) is 14.5 Å². The summed E-state index contributed by atoms with van der Waals surface area (Å²) in [5.74, 6) is -0.900. The Hall–Kier alpha value is -2.36. The van der Waals surface area contributed by atoms with Crippen LogP contribution in [0.15, 0.2) is 53.1 Å². The predicted molar refractivity (Wildman–Crippen MR) is 95.3 cm³/mol. The van der Waals surface area contributed by atoms with Crippen LogP contribution in [0, 0.1) is 5.92 Å². The van der Waals surface area contributed by atoms with E-state index in [4.69, 9.17) is 9.15 Å². The highest BCUT2D eigenvalue weighted by molar-refractivity contribution is 7.93. The Morgan fingerprint density at radius 1 is 1.27 bits per heavy atom. The van der Waals surface area contributed by atoms with Crippen molar-refractivity contribution in [1.29, 1.82) is 0 Å². The Morgan fingerprint density at radius 2 is 2.04 bits per heavy atom. The minimum Gasteiger partial charge on any atom is -0.467 e. The molecule has 0 radical (unpaired) electrons. The highest BCUT2D eigenvalue weighted by Gasteiger charge is 2.45. The summed E-state index contributed by atoms with van der Waals surface area (Å²) in [4.78, 5) is 12.2. The average molecular weight is 379 g/mol. The van der Waals surface area contributed by atoms with Gasteiger partial charge in [0, 0.05) is 6.54 Å². The summed E-state index contributed by atoms with van der Waals surface area (Å²) >= 11 is 0. The number of carbonyl (C=O) groups excluding carboxylic acids is 1. The van der Waals surface area contributed by atoms with Gasteiger partial charge in [-0.2, -0.15) is 0 Å². The maximum Gasteiger partial charge on any atom is 0.313 e. The van der Waals surface area contributed by atoms with E-state index in [0.717, 1.165) is 0 Å². The van der Waals surface area contributed by atoms with E-state index in [1.807, 2.05) is 0 Å². The Balaban J connectivity index is 1.95. The van der Waals surface area contributed by atoms with Crippen LogP contribution in [0.3, 0.4) is 0 Å². The summed E-state index contributed by atoms with van der Waals surface area (Å²) < 4.78 is 38.3. The second kappa shape index (κ2) is 7.90. The Kier molecular flexibility index (Phi) is 5.60. The van der Waals surface area contributed by atoms with E-state index in [9.17, 15) is 13.2 Å². The quantitative estimate of drug-likeness (QED) is 0.698. The number of nitrogens with zero attached hydrogens (tertiary/aromatic N) is 1. The van der Waals surface area contributed by atoms with Crippen molar-refractivity contribution in [2.45, 2.75) is 18.8 Å². The molecule has 2 heterocycles. The number of anilines is 1. The number of ether oxygens (including phenoxy) is 1. The van der Waals surface area contributed by atoms with Crippen molar-refractivity contribution in [3.8, 4) is 0 Å². The zero-order valence-electron chi connectivity index (χ0n) is 14.3. The first kappa shape index (κ1) is 18.4. The lowest BCUT2D eigenvalue weighted by molar-refractivity contribution is -0.147. The molecule has 1 aromatic carbocycles. The summed E-state index contributed by atoms with van der Waals surface area (Å²) in [7, 11) is -3.94. The van der Waals surface area contributed by atoms with E-state index in [2.05, 4.69) is 10.9 Å². The largest absolute Gasteiger partial charge is 0.467 e. The molecule has 0 bridgehead atoms. The van der Waals surface area contributed by atoms with Crippen molar-refractivity contribution in [3.63, 3.8) is 0 Å². The molecule has 1 saturated heterocycles. The van der Waals surface area contributed by atoms with Gasteiger partial charge in [-0.15, -0.1) is 0 Å². The van der Waals surface area contributed by atoms with Gasteiger partial charge in [0.15, 0.2) is 5.37 Å². The molecule has 0 aliphatic carbocycles. The van der Waals surface area contributed by atoms with E-state index >= 15 is 0 Å². The Bertz CT molecular complexity index is 823. The predicted octanol–water partition coefficient (Wildman–Crippen LogP) is 1.23. The van der Waals surface area contributed by atoms with Crippen molar-refractivity contribution in [2.24, 2.45) is 5.92 Å². The molecule has 2 aromatic rings. The normalized spacial score (nSPS) is 20.0. The number of sulfonamides is 1. The highest BCUT2D eigenvalue weighted by atomic mass is 32.2. The van der Waals surface area contributed by atoms with E-state index in [1.54, 1.807) is 49.4 Å². The fourth-order valence-electron chi connectivity index (χ4n) is 2.82. The second-order valence-electron chi connectivity index (χ2n) is 5.77. The van der Waals surface area contributed by atoms with Crippen LogP contribution < -0.4 is 15.2 Å². The van der Waals surface area contributed by atoms with Crippen molar-refractivity contribution in [1.82, 2.24) is 10.9 Å². The van der Waals surface area contributed by atoms with Crippen LogP contribution in [0.5, 0.6) is 0 Å². The third-order valence-corrected chi connectivity index (χ3v) is 6.12. The fraction of sp³-hybridized carbons (Fsp3) is 0.353. The molecule has 3 rings (SSSR count). The van der Waals surface area contributed by atoms with Crippen LogP contribution in [0.4, 0.5) is 5.69 Å². The minimum absolute atomic E-state index is 0.0209. The monoisotopic (exact) mass is 379 g/mol. The van der Waals surface area contributed by atoms with Gasteiger partial charge in [0.25, 0.3) is 10.0 Å². The summed E-state index contributed by atoms with van der Waals surface area (Å²) in [6, 6.07) is 12.1. The maximum atomic E-state index is 13.4.